The number of carbonyl (C=O) groups is 2. The van der Waals surface area contributed by atoms with Crippen molar-refractivity contribution in [3.05, 3.63) is 101 Å². The largest absolute Gasteiger partial charge is 0.486 e. The predicted molar refractivity (Wildman–Crippen MR) is 141 cm³/mol. The van der Waals surface area contributed by atoms with Crippen LogP contribution in [-0.2, 0) is 17.9 Å². The molecule has 174 valence electrons. The predicted octanol–water partition coefficient (Wildman–Crippen LogP) is 8.47. The van der Waals surface area contributed by atoms with Crippen molar-refractivity contribution in [2.24, 2.45) is 0 Å². The molecule has 1 aliphatic rings. The standard InChI is InChI=1S/C24H14Br2Cl2FNO3S/c25-17-7-13(8-18(26)22(17)33-12-15-3-1-2-4-19(15)27)9-21-23(31)30(24(32)34-21)11-14-5-6-16(29)10-20(14)28/h1-10H,11-12H2/b21-9+. The summed E-state index contributed by atoms with van der Waals surface area (Å²) in [5.41, 5.74) is 2.02. The highest BCUT2D eigenvalue weighted by Gasteiger charge is 2.35. The van der Waals surface area contributed by atoms with E-state index < -0.39 is 17.0 Å². The van der Waals surface area contributed by atoms with E-state index in [1.807, 2.05) is 18.2 Å². The fourth-order valence-corrected chi connectivity index (χ4v) is 5.88. The summed E-state index contributed by atoms with van der Waals surface area (Å²) < 4.78 is 20.6. The lowest BCUT2D eigenvalue weighted by Crippen LogP contribution is -2.27. The van der Waals surface area contributed by atoms with Gasteiger partial charge in [0.25, 0.3) is 11.1 Å². The summed E-state index contributed by atoms with van der Waals surface area (Å²) in [6.45, 7) is 0.240. The van der Waals surface area contributed by atoms with E-state index in [1.165, 1.54) is 12.1 Å². The summed E-state index contributed by atoms with van der Waals surface area (Å²) in [5, 5.41) is 0.349. The smallest absolute Gasteiger partial charge is 0.293 e. The Labute approximate surface area is 226 Å². The van der Waals surface area contributed by atoms with Crippen LogP contribution in [0.5, 0.6) is 5.75 Å². The highest BCUT2D eigenvalue weighted by atomic mass is 79.9. The van der Waals surface area contributed by atoms with E-state index in [0.717, 1.165) is 28.3 Å². The molecule has 0 N–H and O–H groups in total. The van der Waals surface area contributed by atoms with Gasteiger partial charge in [0.1, 0.15) is 18.2 Å². The molecule has 1 aliphatic heterocycles. The third kappa shape index (κ3) is 5.69. The Morgan fingerprint density at radius 2 is 1.68 bits per heavy atom. The molecule has 1 fully saturated rings. The maximum Gasteiger partial charge on any atom is 0.293 e. The molecule has 10 heteroatoms. The highest BCUT2D eigenvalue weighted by molar-refractivity contribution is 9.11. The maximum atomic E-state index is 13.3. The number of imide groups is 1. The van der Waals surface area contributed by atoms with Gasteiger partial charge in [0.15, 0.2) is 0 Å². The first-order valence-electron chi connectivity index (χ1n) is 9.77. The Balaban J connectivity index is 1.51. The van der Waals surface area contributed by atoms with Gasteiger partial charge in [0, 0.05) is 15.6 Å². The van der Waals surface area contributed by atoms with Gasteiger partial charge in [0.05, 0.1) is 20.4 Å². The normalized spacial score (nSPS) is 14.9. The van der Waals surface area contributed by atoms with Crippen molar-refractivity contribution < 1.29 is 18.7 Å². The van der Waals surface area contributed by atoms with Gasteiger partial charge in [-0.05, 0) is 91.2 Å². The summed E-state index contributed by atoms with van der Waals surface area (Å²) in [7, 11) is 0. The van der Waals surface area contributed by atoms with Gasteiger partial charge in [-0.2, -0.15) is 0 Å². The van der Waals surface area contributed by atoms with Crippen LogP contribution < -0.4 is 4.74 Å². The molecule has 1 saturated heterocycles. The molecule has 0 bridgehead atoms. The number of halogens is 5. The molecule has 3 aromatic rings. The minimum Gasteiger partial charge on any atom is -0.486 e. The van der Waals surface area contributed by atoms with Crippen LogP contribution in [0.4, 0.5) is 9.18 Å². The SMILES string of the molecule is O=C1S/C(=C/c2cc(Br)c(OCc3ccccc3Cl)c(Br)c2)C(=O)N1Cc1ccc(F)cc1Cl. The molecule has 0 aliphatic carbocycles. The number of carbonyl (C=O) groups excluding carboxylic acids is 2. The molecule has 0 radical (unpaired) electrons. The summed E-state index contributed by atoms with van der Waals surface area (Å²) in [5.74, 6) is -0.351. The van der Waals surface area contributed by atoms with Crippen LogP contribution in [0.2, 0.25) is 10.0 Å². The second kappa shape index (κ2) is 10.8. The van der Waals surface area contributed by atoms with Crippen molar-refractivity contribution >= 4 is 84.0 Å². The third-order valence-corrected chi connectivity index (χ3v) is 7.67. The average Bonchev–Trinajstić information content (AvgIpc) is 3.03. The molecule has 0 aromatic heterocycles. The van der Waals surface area contributed by atoms with Crippen LogP contribution in [0.1, 0.15) is 16.7 Å². The zero-order chi connectivity index (χ0) is 24.4. The van der Waals surface area contributed by atoms with Gasteiger partial charge in [-0.1, -0.05) is 47.5 Å². The second-order valence-electron chi connectivity index (χ2n) is 7.20. The van der Waals surface area contributed by atoms with Crippen LogP contribution in [-0.4, -0.2) is 16.0 Å². The minimum absolute atomic E-state index is 0.0384. The molecule has 0 spiro atoms. The Kier molecular flexibility index (Phi) is 8.05. The summed E-state index contributed by atoms with van der Waals surface area (Å²) in [6.07, 6.45) is 1.63. The first-order valence-corrected chi connectivity index (χ1v) is 12.9. The van der Waals surface area contributed by atoms with Gasteiger partial charge in [-0.15, -0.1) is 0 Å². The summed E-state index contributed by atoms with van der Waals surface area (Å²) >= 11 is 20.1. The van der Waals surface area contributed by atoms with Gasteiger partial charge in [-0.25, -0.2) is 4.39 Å². The number of ether oxygens (including phenoxy) is 1. The number of amides is 2. The van der Waals surface area contributed by atoms with E-state index in [0.29, 0.717) is 30.8 Å². The first-order chi connectivity index (χ1) is 16.2. The average molecular weight is 646 g/mol. The minimum atomic E-state index is -0.488. The molecule has 0 saturated carbocycles. The molecule has 34 heavy (non-hydrogen) atoms. The fraction of sp³-hybridized carbons (Fsp3) is 0.0833. The van der Waals surface area contributed by atoms with Crippen LogP contribution in [0.3, 0.4) is 0 Å². The van der Waals surface area contributed by atoms with Crippen molar-refractivity contribution in [2.75, 3.05) is 0 Å². The molecule has 1 heterocycles. The van der Waals surface area contributed by atoms with Crippen LogP contribution >= 0.6 is 66.8 Å². The van der Waals surface area contributed by atoms with Gasteiger partial charge in [0.2, 0.25) is 0 Å². The maximum absolute atomic E-state index is 13.3. The number of hydrogen-bond acceptors (Lipinski definition) is 4. The van der Waals surface area contributed by atoms with Gasteiger partial charge >= 0.3 is 0 Å². The molecule has 4 nitrogen and oxygen atoms in total. The monoisotopic (exact) mass is 643 g/mol. The van der Waals surface area contributed by atoms with Crippen LogP contribution in [0, 0.1) is 5.82 Å². The number of benzene rings is 3. The lowest BCUT2D eigenvalue weighted by molar-refractivity contribution is -0.123. The molecule has 2 amide bonds. The lowest BCUT2D eigenvalue weighted by Gasteiger charge is -2.14. The topological polar surface area (TPSA) is 46.6 Å². The molecule has 0 atom stereocenters. The van der Waals surface area contributed by atoms with E-state index in [9.17, 15) is 14.0 Å². The van der Waals surface area contributed by atoms with Gasteiger partial charge in [-0.3, -0.25) is 14.5 Å². The van der Waals surface area contributed by atoms with Crippen molar-refractivity contribution in [2.45, 2.75) is 13.2 Å². The summed E-state index contributed by atoms with van der Waals surface area (Å²) in [4.78, 5) is 26.7. The zero-order valence-electron chi connectivity index (χ0n) is 17.2. The molecule has 4 rings (SSSR count). The van der Waals surface area contributed by atoms with Crippen molar-refractivity contribution in [3.63, 3.8) is 0 Å². The third-order valence-electron chi connectivity index (χ3n) is 4.87. The van der Waals surface area contributed by atoms with Crippen molar-refractivity contribution in [3.8, 4) is 5.75 Å². The van der Waals surface area contributed by atoms with Crippen molar-refractivity contribution in [1.29, 1.82) is 0 Å². The lowest BCUT2D eigenvalue weighted by atomic mass is 10.2. The highest BCUT2D eigenvalue weighted by Crippen LogP contribution is 2.39. The first kappa shape index (κ1) is 25.3. The fourth-order valence-electron chi connectivity index (χ4n) is 3.17. The summed E-state index contributed by atoms with van der Waals surface area (Å²) in [6, 6.07) is 14.8. The zero-order valence-corrected chi connectivity index (χ0v) is 22.7. The van der Waals surface area contributed by atoms with Crippen LogP contribution in [0.25, 0.3) is 6.08 Å². The quantitative estimate of drug-likeness (QED) is 0.252. The number of rotatable bonds is 6. The molecular formula is C24H14Br2Cl2FNO3S. The van der Waals surface area contributed by atoms with E-state index in [-0.39, 0.29) is 23.1 Å². The number of nitrogens with zero attached hydrogens (tertiary/aromatic N) is 1. The Bertz CT molecular complexity index is 1310. The van der Waals surface area contributed by atoms with E-state index in [1.54, 1.807) is 24.3 Å². The Morgan fingerprint density at radius 1 is 0.971 bits per heavy atom. The Hall–Kier alpha value is -1.84. The Morgan fingerprint density at radius 3 is 2.35 bits per heavy atom. The number of thioether (sulfide) groups is 1. The van der Waals surface area contributed by atoms with E-state index in [2.05, 4.69) is 31.9 Å². The van der Waals surface area contributed by atoms with E-state index >= 15 is 0 Å². The van der Waals surface area contributed by atoms with Crippen LogP contribution in [0.15, 0.2) is 68.4 Å². The molecule has 3 aromatic carbocycles. The molecular weight excluding hydrogens is 632 g/mol. The van der Waals surface area contributed by atoms with E-state index in [4.69, 9.17) is 27.9 Å². The van der Waals surface area contributed by atoms with Crippen molar-refractivity contribution in [1.82, 2.24) is 4.90 Å². The second-order valence-corrected chi connectivity index (χ2v) is 10.7. The number of hydrogen-bond donors (Lipinski definition) is 0. The molecule has 0 unspecified atom stereocenters. The van der Waals surface area contributed by atoms with Gasteiger partial charge < -0.3 is 4.74 Å².